The van der Waals surface area contributed by atoms with E-state index in [1.165, 1.54) is 5.56 Å². The molecule has 0 unspecified atom stereocenters. The molecule has 2 aliphatic heterocycles. The Morgan fingerprint density at radius 3 is 2.38 bits per heavy atom. The van der Waals surface area contributed by atoms with Gasteiger partial charge in [0.25, 0.3) is 0 Å². The molecule has 26 heavy (non-hydrogen) atoms. The number of piperazine rings is 1. The third-order valence-corrected chi connectivity index (χ3v) is 5.73. The average molecular weight is 355 g/mol. The highest BCUT2D eigenvalue weighted by Crippen LogP contribution is 2.24. The van der Waals surface area contributed by atoms with Gasteiger partial charge in [-0.05, 0) is 31.7 Å². The van der Waals surface area contributed by atoms with Gasteiger partial charge in [-0.25, -0.2) is 0 Å². The largest absolute Gasteiger partial charge is 0.461 e. The summed E-state index contributed by atoms with van der Waals surface area (Å²) in [5.41, 5.74) is 2.39. The number of benzene rings is 1. The van der Waals surface area contributed by atoms with E-state index >= 15 is 0 Å². The van der Waals surface area contributed by atoms with Crippen molar-refractivity contribution in [3.05, 3.63) is 47.7 Å². The van der Waals surface area contributed by atoms with Gasteiger partial charge < -0.3 is 14.4 Å². The minimum absolute atomic E-state index is 0.247. The fourth-order valence-corrected chi connectivity index (χ4v) is 4.11. The van der Waals surface area contributed by atoms with Gasteiger partial charge in [-0.3, -0.25) is 9.80 Å². The zero-order chi connectivity index (χ0) is 18.1. The quantitative estimate of drug-likeness (QED) is 0.909. The summed E-state index contributed by atoms with van der Waals surface area (Å²) in [7, 11) is 2.17. The van der Waals surface area contributed by atoms with E-state index in [9.17, 15) is 5.11 Å². The number of aryl methyl sites for hydroxylation is 1. The number of aliphatic hydroxyl groups excluding tert-OH is 1. The summed E-state index contributed by atoms with van der Waals surface area (Å²) in [5, 5.41) is 10.5. The van der Waals surface area contributed by atoms with Crippen molar-refractivity contribution < 1.29 is 9.52 Å². The Morgan fingerprint density at radius 1 is 1.00 bits per heavy atom. The molecule has 0 radical (unpaired) electrons. The molecule has 4 rings (SSSR count). The SMILES string of the molecule is Cc1ccc(-c2ccc(CN3C[C@H](O)[C@@H](N4CCN(C)CC4)C3)cc2)o1. The molecule has 140 valence electrons. The van der Waals surface area contributed by atoms with E-state index in [1.54, 1.807) is 0 Å². The number of nitrogens with zero attached hydrogens (tertiary/aromatic N) is 3. The van der Waals surface area contributed by atoms with Crippen molar-refractivity contribution in [3.8, 4) is 11.3 Å². The van der Waals surface area contributed by atoms with Crippen LogP contribution >= 0.6 is 0 Å². The summed E-state index contributed by atoms with van der Waals surface area (Å²) >= 11 is 0. The Kier molecular flexibility index (Phi) is 5.14. The lowest BCUT2D eigenvalue weighted by Crippen LogP contribution is -2.52. The lowest BCUT2D eigenvalue weighted by molar-refractivity contribution is 0.0512. The topological polar surface area (TPSA) is 43.1 Å². The standard InChI is InChI=1S/C21H29N3O2/c1-16-3-8-21(26-16)18-6-4-17(5-7-18)13-23-14-19(20(25)15-23)24-11-9-22(2)10-12-24/h3-8,19-20,25H,9-15H2,1-2H3/t19-,20-/m0/s1. The van der Waals surface area contributed by atoms with Crippen LogP contribution in [0.15, 0.2) is 40.8 Å². The Morgan fingerprint density at radius 2 is 1.73 bits per heavy atom. The van der Waals surface area contributed by atoms with E-state index in [1.807, 2.05) is 19.1 Å². The van der Waals surface area contributed by atoms with Crippen molar-refractivity contribution in [1.82, 2.24) is 14.7 Å². The molecule has 5 heteroatoms. The molecule has 1 aromatic carbocycles. The molecule has 0 aliphatic carbocycles. The molecular formula is C21H29N3O2. The van der Waals surface area contributed by atoms with Crippen LogP contribution in [0.5, 0.6) is 0 Å². The number of likely N-dealkylation sites (tertiary alicyclic amines) is 1. The van der Waals surface area contributed by atoms with Crippen molar-refractivity contribution >= 4 is 0 Å². The van der Waals surface area contributed by atoms with Gasteiger partial charge in [0.05, 0.1) is 6.10 Å². The molecule has 0 saturated carbocycles. The molecule has 0 spiro atoms. The maximum Gasteiger partial charge on any atom is 0.134 e. The Bertz CT molecular complexity index is 719. The van der Waals surface area contributed by atoms with Gasteiger partial charge in [0.2, 0.25) is 0 Å². The third kappa shape index (κ3) is 3.86. The predicted octanol–water partition coefficient (Wildman–Crippen LogP) is 2.05. The first-order valence-corrected chi connectivity index (χ1v) is 9.57. The van der Waals surface area contributed by atoms with E-state index < -0.39 is 0 Å². The fourth-order valence-electron chi connectivity index (χ4n) is 4.11. The summed E-state index contributed by atoms with van der Waals surface area (Å²) in [4.78, 5) is 7.20. The van der Waals surface area contributed by atoms with Crippen LogP contribution in [0.4, 0.5) is 0 Å². The van der Waals surface area contributed by atoms with Crippen LogP contribution in [0.1, 0.15) is 11.3 Å². The molecule has 2 saturated heterocycles. The molecule has 3 heterocycles. The van der Waals surface area contributed by atoms with Crippen molar-refractivity contribution in [2.24, 2.45) is 0 Å². The summed E-state index contributed by atoms with van der Waals surface area (Å²) < 4.78 is 5.69. The number of rotatable bonds is 4. The summed E-state index contributed by atoms with van der Waals surface area (Å²) in [6.07, 6.45) is -0.247. The van der Waals surface area contributed by atoms with E-state index in [0.717, 1.165) is 62.9 Å². The number of furan rings is 1. The maximum absolute atomic E-state index is 10.5. The van der Waals surface area contributed by atoms with Gasteiger partial charge in [-0.15, -0.1) is 0 Å². The zero-order valence-electron chi connectivity index (χ0n) is 15.8. The summed E-state index contributed by atoms with van der Waals surface area (Å²) in [6.45, 7) is 8.87. The van der Waals surface area contributed by atoms with Gasteiger partial charge in [0.15, 0.2) is 0 Å². The van der Waals surface area contributed by atoms with E-state index in [0.29, 0.717) is 0 Å². The molecule has 0 amide bonds. The van der Waals surface area contributed by atoms with Crippen molar-refractivity contribution in [2.75, 3.05) is 46.3 Å². The maximum atomic E-state index is 10.5. The van der Waals surface area contributed by atoms with E-state index in [4.69, 9.17) is 4.42 Å². The van der Waals surface area contributed by atoms with Crippen LogP contribution in [0.3, 0.4) is 0 Å². The number of likely N-dealkylation sites (N-methyl/N-ethyl adjacent to an activating group) is 1. The summed E-state index contributed by atoms with van der Waals surface area (Å²) in [5.74, 6) is 1.85. The van der Waals surface area contributed by atoms with Crippen LogP contribution in [-0.2, 0) is 6.54 Å². The second kappa shape index (κ2) is 7.53. The zero-order valence-corrected chi connectivity index (χ0v) is 15.8. The molecule has 0 bridgehead atoms. The molecule has 2 atom stereocenters. The van der Waals surface area contributed by atoms with Gasteiger partial charge in [0.1, 0.15) is 11.5 Å². The molecule has 2 fully saturated rings. The van der Waals surface area contributed by atoms with Crippen LogP contribution in [0.25, 0.3) is 11.3 Å². The minimum atomic E-state index is -0.247. The number of aliphatic hydroxyl groups is 1. The lowest BCUT2D eigenvalue weighted by atomic mass is 10.1. The first-order chi connectivity index (χ1) is 12.6. The first-order valence-electron chi connectivity index (χ1n) is 9.57. The van der Waals surface area contributed by atoms with Crippen LogP contribution in [0.2, 0.25) is 0 Å². The molecule has 2 aliphatic rings. The van der Waals surface area contributed by atoms with Gasteiger partial charge in [0, 0.05) is 57.4 Å². The average Bonchev–Trinajstić information content (AvgIpc) is 3.22. The lowest BCUT2D eigenvalue weighted by Gasteiger charge is -2.37. The monoisotopic (exact) mass is 355 g/mol. The van der Waals surface area contributed by atoms with Crippen molar-refractivity contribution in [3.63, 3.8) is 0 Å². The van der Waals surface area contributed by atoms with Crippen molar-refractivity contribution in [1.29, 1.82) is 0 Å². The van der Waals surface area contributed by atoms with Crippen LogP contribution in [-0.4, -0.2) is 78.3 Å². The van der Waals surface area contributed by atoms with Gasteiger partial charge in [-0.2, -0.15) is 0 Å². The predicted molar refractivity (Wildman–Crippen MR) is 103 cm³/mol. The normalized spacial score (nSPS) is 25.8. The van der Waals surface area contributed by atoms with E-state index in [-0.39, 0.29) is 12.1 Å². The smallest absolute Gasteiger partial charge is 0.134 e. The molecule has 1 aromatic heterocycles. The van der Waals surface area contributed by atoms with Gasteiger partial charge in [-0.1, -0.05) is 24.3 Å². The summed E-state index contributed by atoms with van der Waals surface area (Å²) in [6, 6.07) is 12.9. The first kappa shape index (κ1) is 17.7. The number of β-amino-alcohol motifs (C(OH)–C–C–N with tert-alkyl or cyclic N) is 1. The van der Waals surface area contributed by atoms with Crippen LogP contribution < -0.4 is 0 Å². The highest BCUT2D eigenvalue weighted by atomic mass is 16.3. The second-order valence-electron chi connectivity index (χ2n) is 7.78. The second-order valence-corrected chi connectivity index (χ2v) is 7.78. The molecule has 2 aromatic rings. The Balaban J connectivity index is 1.36. The van der Waals surface area contributed by atoms with Gasteiger partial charge >= 0.3 is 0 Å². The third-order valence-electron chi connectivity index (χ3n) is 5.73. The van der Waals surface area contributed by atoms with Crippen molar-refractivity contribution in [2.45, 2.75) is 25.6 Å². The number of hydrogen-bond acceptors (Lipinski definition) is 5. The Hall–Kier alpha value is -1.66. The van der Waals surface area contributed by atoms with E-state index in [2.05, 4.69) is 46.0 Å². The highest BCUT2D eigenvalue weighted by Gasteiger charge is 2.36. The molecule has 1 N–H and O–H groups in total. The number of hydrogen-bond donors (Lipinski definition) is 1. The Labute approximate surface area is 155 Å². The molecular weight excluding hydrogens is 326 g/mol. The van der Waals surface area contributed by atoms with Crippen LogP contribution in [0, 0.1) is 6.92 Å². The highest BCUT2D eigenvalue weighted by molar-refractivity contribution is 5.57. The minimum Gasteiger partial charge on any atom is -0.461 e. The fraction of sp³-hybridized carbons (Fsp3) is 0.524. The molecule has 5 nitrogen and oxygen atoms in total.